The zero-order valence-corrected chi connectivity index (χ0v) is 21.4. The van der Waals surface area contributed by atoms with Crippen molar-refractivity contribution in [1.29, 1.82) is 5.26 Å². The second-order valence-electron chi connectivity index (χ2n) is 7.39. The molecule has 0 spiro atoms. The Morgan fingerprint density at radius 2 is 1.79 bits per heavy atom. The lowest BCUT2D eigenvalue weighted by atomic mass is 10.1. The van der Waals surface area contributed by atoms with Crippen molar-refractivity contribution in [2.45, 2.75) is 20.5 Å². The number of methoxy groups -OCH3 is 1. The number of rotatable bonds is 9. The number of benzene rings is 3. The van der Waals surface area contributed by atoms with Gasteiger partial charge in [0.1, 0.15) is 24.0 Å². The van der Waals surface area contributed by atoms with Crippen LogP contribution in [0.1, 0.15) is 23.6 Å². The smallest absolute Gasteiger partial charge is 0.266 e. The fourth-order valence-corrected chi connectivity index (χ4v) is 3.98. The highest BCUT2D eigenvalue weighted by Gasteiger charge is 2.14. The van der Waals surface area contributed by atoms with E-state index in [1.807, 2.05) is 50.2 Å². The fourth-order valence-electron chi connectivity index (χ4n) is 3.13. The Kier molecular flexibility index (Phi) is 8.93. The molecule has 174 valence electrons. The number of ether oxygens (including phenoxy) is 3. The van der Waals surface area contributed by atoms with Gasteiger partial charge >= 0.3 is 0 Å². The van der Waals surface area contributed by atoms with Crippen LogP contribution in [-0.2, 0) is 11.4 Å². The zero-order valence-electron chi connectivity index (χ0n) is 19.2. The van der Waals surface area contributed by atoms with E-state index < -0.39 is 5.91 Å². The summed E-state index contributed by atoms with van der Waals surface area (Å²) in [4.78, 5) is 12.7. The molecular formula is C27H25IN2O4. The van der Waals surface area contributed by atoms with Gasteiger partial charge in [0.05, 0.1) is 17.3 Å². The molecule has 0 radical (unpaired) electrons. The average Bonchev–Trinajstić information content (AvgIpc) is 2.83. The van der Waals surface area contributed by atoms with Crippen molar-refractivity contribution < 1.29 is 19.0 Å². The van der Waals surface area contributed by atoms with Gasteiger partial charge in [-0.3, -0.25) is 4.79 Å². The molecule has 0 saturated carbocycles. The van der Waals surface area contributed by atoms with Gasteiger partial charge in [0.2, 0.25) is 0 Å². The van der Waals surface area contributed by atoms with Crippen LogP contribution in [0.3, 0.4) is 0 Å². The molecule has 0 aliphatic heterocycles. The number of amides is 1. The van der Waals surface area contributed by atoms with Crippen LogP contribution in [0, 0.1) is 21.8 Å². The van der Waals surface area contributed by atoms with E-state index in [0.717, 1.165) is 9.13 Å². The van der Waals surface area contributed by atoms with Crippen LogP contribution < -0.4 is 19.5 Å². The number of carbonyl (C=O) groups is 1. The summed E-state index contributed by atoms with van der Waals surface area (Å²) in [5.74, 6) is 1.36. The highest BCUT2D eigenvalue weighted by molar-refractivity contribution is 14.1. The molecular weight excluding hydrogens is 543 g/mol. The first-order chi connectivity index (χ1) is 16.4. The topological polar surface area (TPSA) is 80.6 Å². The zero-order chi connectivity index (χ0) is 24.5. The molecule has 0 fully saturated rings. The van der Waals surface area contributed by atoms with Gasteiger partial charge in [-0.2, -0.15) is 5.26 Å². The number of halogens is 1. The number of hydrogen-bond acceptors (Lipinski definition) is 5. The monoisotopic (exact) mass is 568 g/mol. The van der Waals surface area contributed by atoms with Crippen LogP contribution in [0.5, 0.6) is 17.2 Å². The van der Waals surface area contributed by atoms with E-state index in [4.69, 9.17) is 14.2 Å². The molecule has 0 atom stereocenters. The standard InChI is InChI=1S/C27H25IN2O4/c1-4-33-25-15-20(14-24(28)26(25)32-3)13-21(16-29)27(31)30-22-9-11-23(12-10-22)34-17-19-7-5-18(2)6-8-19/h5-15H,4,17H2,1-3H3,(H,30,31)/b21-13+. The Morgan fingerprint density at radius 3 is 2.41 bits per heavy atom. The molecule has 3 aromatic carbocycles. The van der Waals surface area contributed by atoms with Crippen molar-refractivity contribution in [2.24, 2.45) is 0 Å². The third-order valence-electron chi connectivity index (χ3n) is 4.85. The SMILES string of the molecule is CCOc1cc(/C=C(\C#N)C(=O)Nc2ccc(OCc3ccc(C)cc3)cc2)cc(I)c1OC. The van der Waals surface area contributed by atoms with E-state index in [1.165, 1.54) is 11.6 Å². The van der Waals surface area contributed by atoms with E-state index in [9.17, 15) is 10.1 Å². The molecule has 6 nitrogen and oxygen atoms in total. The van der Waals surface area contributed by atoms with Gasteiger partial charge in [-0.1, -0.05) is 29.8 Å². The highest BCUT2D eigenvalue weighted by Crippen LogP contribution is 2.34. The molecule has 34 heavy (non-hydrogen) atoms. The van der Waals surface area contributed by atoms with Crippen molar-refractivity contribution in [3.8, 4) is 23.3 Å². The van der Waals surface area contributed by atoms with Crippen LogP contribution in [0.2, 0.25) is 0 Å². The lowest BCUT2D eigenvalue weighted by Crippen LogP contribution is -2.13. The normalized spacial score (nSPS) is 10.9. The van der Waals surface area contributed by atoms with E-state index in [2.05, 4.69) is 27.9 Å². The van der Waals surface area contributed by atoms with Crippen molar-refractivity contribution >= 4 is 40.3 Å². The summed E-state index contributed by atoms with van der Waals surface area (Å²) in [5, 5.41) is 12.3. The summed E-state index contributed by atoms with van der Waals surface area (Å²) >= 11 is 2.13. The molecule has 3 rings (SSSR count). The van der Waals surface area contributed by atoms with E-state index in [0.29, 0.717) is 41.7 Å². The molecule has 0 saturated heterocycles. The third kappa shape index (κ3) is 6.75. The first-order valence-corrected chi connectivity index (χ1v) is 11.7. The molecule has 7 heteroatoms. The van der Waals surface area contributed by atoms with Gasteiger partial charge in [0.15, 0.2) is 11.5 Å². The minimum atomic E-state index is -0.500. The summed E-state index contributed by atoms with van der Waals surface area (Å²) in [6.45, 7) is 4.84. The maximum absolute atomic E-state index is 12.7. The lowest BCUT2D eigenvalue weighted by Gasteiger charge is -2.12. The van der Waals surface area contributed by atoms with Crippen LogP contribution in [0.15, 0.2) is 66.2 Å². The van der Waals surface area contributed by atoms with Gasteiger partial charge in [-0.15, -0.1) is 0 Å². The second-order valence-corrected chi connectivity index (χ2v) is 8.55. The van der Waals surface area contributed by atoms with E-state index >= 15 is 0 Å². The van der Waals surface area contributed by atoms with Crippen LogP contribution in [-0.4, -0.2) is 19.6 Å². The van der Waals surface area contributed by atoms with Crippen molar-refractivity contribution in [2.75, 3.05) is 19.0 Å². The summed E-state index contributed by atoms with van der Waals surface area (Å²) in [5.41, 5.74) is 3.48. The summed E-state index contributed by atoms with van der Waals surface area (Å²) in [7, 11) is 1.57. The largest absolute Gasteiger partial charge is 0.492 e. The maximum atomic E-state index is 12.7. The number of nitrogens with one attached hydrogen (secondary N) is 1. The molecule has 1 N–H and O–H groups in total. The van der Waals surface area contributed by atoms with Crippen molar-refractivity contribution in [3.05, 3.63) is 86.5 Å². The Labute approximate surface area is 213 Å². The molecule has 3 aromatic rings. The summed E-state index contributed by atoms with van der Waals surface area (Å²) < 4.78 is 17.6. The first kappa shape index (κ1) is 25.1. The number of anilines is 1. The average molecular weight is 568 g/mol. The number of nitriles is 1. The van der Waals surface area contributed by atoms with E-state index in [1.54, 1.807) is 37.4 Å². The second kappa shape index (κ2) is 12.1. The molecule has 0 aliphatic rings. The van der Waals surface area contributed by atoms with Gasteiger partial charge in [-0.25, -0.2) is 0 Å². The molecule has 0 unspecified atom stereocenters. The van der Waals surface area contributed by atoms with Crippen LogP contribution >= 0.6 is 22.6 Å². The number of hydrogen-bond donors (Lipinski definition) is 1. The molecule has 1 amide bonds. The Morgan fingerprint density at radius 1 is 1.09 bits per heavy atom. The predicted octanol–water partition coefficient (Wildman–Crippen LogP) is 6.13. The van der Waals surface area contributed by atoms with Gasteiger partial charge in [0.25, 0.3) is 5.91 Å². The Bertz CT molecular complexity index is 1210. The predicted molar refractivity (Wildman–Crippen MR) is 141 cm³/mol. The van der Waals surface area contributed by atoms with Gasteiger partial charge in [-0.05, 0) is 90.0 Å². The van der Waals surface area contributed by atoms with Crippen molar-refractivity contribution in [3.63, 3.8) is 0 Å². The minimum Gasteiger partial charge on any atom is -0.492 e. The molecule has 0 aromatic heterocycles. The summed E-state index contributed by atoms with van der Waals surface area (Å²) in [6, 6.07) is 20.7. The third-order valence-corrected chi connectivity index (χ3v) is 5.65. The van der Waals surface area contributed by atoms with Crippen LogP contribution in [0.25, 0.3) is 6.08 Å². The number of carbonyl (C=O) groups excluding carboxylic acids is 1. The molecule has 0 aliphatic carbocycles. The number of nitrogens with zero attached hydrogens (tertiary/aromatic N) is 1. The van der Waals surface area contributed by atoms with Gasteiger partial charge in [0, 0.05) is 5.69 Å². The fraction of sp³-hybridized carbons (Fsp3) is 0.185. The highest BCUT2D eigenvalue weighted by atomic mass is 127. The minimum absolute atomic E-state index is 0.0249. The molecule has 0 heterocycles. The Hall–Kier alpha value is -3.51. The quantitative estimate of drug-likeness (QED) is 0.191. The Balaban J connectivity index is 1.68. The first-order valence-electron chi connectivity index (χ1n) is 10.7. The van der Waals surface area contributed by atoms with Gasteiger partial charge < -0.3 is 19.5 Å². The van der Waals surface area contributed by atoms with Crippen LogP contribution in [0.4, 0.5) is 5.69 Å². The maximum Gasteiger partial charge on any atom is 0.266 e. The lowest BCUT2D eigenvalue weighted by molar-refractivity contribution is -0.112. The summed E-state index contributed by atoms with van der Waals surface area (Å²) in [6.07, 6.45) is 1.53. The number of aryl methyl sites for hydroxylation is 1. The molecule has 0 bridgehead atoms. The van der Waals surface area contributed by atoms with Crippen molar-refractivity contribution in [1.82, 2.24) is 0 Å². The van der Waals surface area contributed by atoms with E-state index in [-0.39, 0.29) is 5.57 Å².